The molecule has 94 valence electrons. The molecule has 0 radical (unpaired) electrons. The fourth-order valence-corrected chi connectivity index (χ4v) is 2.34. The number of hydrogen-bond acceptors (Lipinski definition) is 3. The number of Topliss-reactive ketones (excluding diaryl/α,β-unsaturated/α-hetero) is 1. The van der Waals surface area contributed by atoms with Crippen molar-refractivity contribution in [3.63, 3.8) is 0 Å². The molecule has 0 bridgehead atoms. The van der Waals surface area contributed by atoms with Crippen LogP contribution in [-0.4, -0.2) is 56.4 Å². The predicted octanol–water partition coefficient (Wildman–Crippen LogP) is 1.49. The van der Waals surface area contributed by atoms with Crippen molar-refractivity contribution in [3.05, 3.63) is 0 Å². The molecule has 0 N–H and O–H groups in total. The zero-order valence-electron chi connectivity index (χ0n) is 11.2. The molecule has 0 amide bonds. The summed E-state index contributed by atoms with van der Waals surface area (Å²) < 4.78 is 0. The Kier molecular flexibility index (Phi) is 5.42. The van der Waals surface area contributed by atoms with Gasteiger partial charge in [-0.2, -0.15) is 0 Å². The van der Waals surface area contributed by atoms with Crippen LogP contribution in [-0.2, 0) is 4.79 Å². The molecular weight excluding hydrogens is 200 g/mol. The van der Waals surface area contributed by atoms with Gasteiger partial charge in [0.25, 0.3) is 0 Å². The topological polar surface area (TPSA) is 23.6 Å². The fraction of sp³-hybridized carbons (Fsp3) is 0.923. The van der Waals surface area contributed by atoms with Gasteiger partial charge >= 0.3 is 0 Å². The van der Waals surface area contributed by atoms with Gasteiger partial charge in [-0.25, -0.2) is 0 Å². The van der Waals surface area contributed by atoms with Gasteiger partial charge in [-0.05, 0) is 39.9 Å². The third kappa shape index (κ3) is 4.62. The van der Waals surface area contributed by atoms with Crippen LogP contribution in [0.4, 0.5) is 0 Å². The van der Waals surface area contributed by atoms with E-state index in [4.69, 9.17) is 0 Å². The predicted molar refractivity (Wildman–Crippen MR) is 67.6 cm³/mol. The lowest BCUT2D eigenvalue weighted by molar-refractivity contribution is -0.126. The van der Waals surface area contributed by atoms with Crippen molar-refractivity contribution in [2.24, 2.45) is 11.8 Å². The molecule has 0 aromatic heterocycles. The van der Waals surface area contributed by atoms with Crippen molar-refractivity contribution in [1.29, 1.82) is 0 Å². The Hall–Kier alpha value is -0.410. The number of carbonyl (C=O) groups is 1. The molecule has 1 rings (SSSR count). The molecule has 0 aliphatic heterocycles. The average molecular weight is 226 g/mol. The highest BCUT2D eigenvalue weighted by molar-refractivity contribution is 5.81. The summed E-state index contributed by atoms with van der Waals surface area (Å²) in [6.07, 6.45) is 2.98. The van der Waals surface area contributed by atoms with Crippen LogP contribution in [0.5, 0.6) is 0 Å². The summed E-state index contributed by atoms with van der Waals surface area (Å²) >= 11 is 0. The highest BCUT2D eigenvalue weighted by Gasteiger charge is 2.27. The molecule has 1 aliphatic rings. The van der Waals surface area contributed by atoms with Crippen LogP contribution in [0.3, 0.4) is 0 Å². The van der Waals surface area contributed by atoms with Crippen molar-refractivity contribution in [2.45, 2.75) is 26.2 Å². The third-order valence-corrected chi connectivity index (χ3v) is 3.49. The first-order valence-corrected chi connectivity index (χ1v) is 6.35. The van der Waals surface area contributed by atoms with E-state index in [2.05, 4.69) is 37.9 Å². The zero-order valence-corrected chi connectivity index (χ0v) is 11.2. The van der Waals surface area contributed by atoms with E-state index in [1.54, 1.807) is 0 Å². The molecule has 3 nitrogen and oxygen atoms in total. The molecule has 3 heteroatoms. The van der Waals surface area contributed by atoms with Crippen LogP contribution in [0.15, 0.2) is 0 Å². The van der Waals surface area contributed by atoms with Crippen LogP contribution in [0, 0.1) is 11.8 Å². The Bertz CT molecular complexity index is 228. The van der Waals surface area contributed by atoms with Gasteiger partial charge in [0.1, 0.15) is 5.78 Å². The molecule has 0 aromatic carbocycles. The maximum Gasteiger partial charge on any atom is 0.137 e. The highest BCUT2D eigenvalue weighted by atomic mass is 16.1. The Morgan fingerprint density at radius 3 is 2.56 bits per heavy atom. The van der Waals surface area contributed by atoms with Crippen molar-refractivity contribution >= 4 is 5.78 Å². The minimum Gasteiger partial charge on any atom is -0.308 e. The SMILES string of the molecule is CC1CCC(=O)C(CN(C)CCN(C)C)C1. The fourth-order valence-electron chi connectivity index (χ4n) is 2.34. The highest BCUT2D eigenvalue weighted by Crippen LogP contribution is 2.26. The summed E-state index contributed by atoms with van der Waals surface area (Å²) in [4.78, 5) is 16.3. The van der Waals surface area contributed by atoms with Crippen molar-refractivity contribution in [3.8, 4) is 0 Å². The Morgan fingerprint density at radius 2 is 1.94 bits per heavy atom. The second-order valence-corrected chi connectivity index (χ2v) is 5.61. The van der Waals surface area contributed by atoms with E-state index in [9.17, 15) is 4.79 Å². The summed E-state index contributed by atoms with van der Waals surface area (Å²) in [7, 11) is 6.29. The maximum absolute atomic E-state index is 11.8. The van der Waals surface area contributed by atoms with Crippen molar-refractivity contribution in [1.82, 2.24) is 9.80 Å². The molecule has 0 aromatic rings. The van der Waals surface area contributed by atoms with E-state index >= 15 is 0 Å². The van der Waals surface area contributed by atoms with Crippen LogP contribution in [0.2, 0.25) is 0 Å². The van der Waals surface area contributed by atoms with Gasteiger partial charge in [0.05, 0.1) is 0 Å². The Labute approximate surface area is 99.8 Å². The van der Waals surface area contributed by atoms with Gasteiger partial charge in [0.2, 0.25) is 0 Å². The summed E-state index contributed by atoms with van der Waals surface area (Å²) in [5.41, 5.74) is 0. The first kappa shape index (κ1) is 13.7. The van der Waals surface area contributed by atoms with Gasteiger partial charge in [-0.3, -0.25) is 4.79 Å². The van der Waals surface area contributed by atoms with Crippen LogP contribution >= 0.6 is 0 Å². The van der Waals surface area contributed by atoms with Crippen molar-refractivity contribution in [2.75, 3.05) is 40.8 Å². The average Bonchev–Trinajstić information content (AvgIpc) is 2.20. The number of rotatable bonds is 5. The molecule has 1 aliphatic carbocycles. The first-order chi connectivity index (χ1) is 7.49. The maximum atomic E-state index is 11.8. The van der Waals surface area contributed by atoms with E-state index < -0.39 is 0 Å². The number of hydrogen-bond donors (Lipinski definition) is 0. The minimum absolute atomic E-state index is 0.288. The normalized spacial score (nSPS) is 26.8. The smallest absolute Gasteiger partial charge is 0.137 e. The Balaban J connectivity index is 2.31. The van der Waals surface area contributed by atoms with E-state index in [-0.39, 0.29) is 5.92 Å². The molecule has 16 heavy (non-hydrogen) atoms. The summed E-state index contributed by atoms with van der Waals surface area (Å²) in [6, 6.07) is 0. The van der Waals surface area contributed by atoms with Gasteiger partial charge in [0.15, 0.2) is 0 Å². The molecule has 1 fully saturated rings. The van der Waals surface area contributed by atoms with Crippen LogP contribution in [0.25, 0.3) is 0 Å². The molecule has 1 saturated carbocycles. The van der Waals surface area contributed by atoms with E-state index in [1.807, 2.05) is 0 Å². The number of likely N-dealkylation sites (N-methyl/N-ethyl adjacent to an activating group) is 2. The molecule has 0 spiro atoms. The van der Waals surface area contributed by atoms with E-state index in [0.29, 0.717) is 5.78 Å². The summed E-state index contributed by atoms with van der Waals surface area (Å²) in [5, 5.41) is 0. The minimum atomic E-state index is 0.288. The zero-order chi connectivity index (χ0) is 12.1. The van der Waals surface area contributed by atoms with Gasteiger partial charge in [-0.15, -0.1) is 0 Å². The van der Waals surface area contributed by atoms with Gasteiger partial charge in [-0.1, -0.05) is 6.92 Å². The molecule has 0 heterocycles. The monoisotopic (exact) mass is 226 g/mol. The van der Waals surface area contributed by atoms with Gasteiger partial charge < -0.3 is 9.80 Å². The molecule has 2 atom stereocenters. The standard InChI is InChI=1S/C13H26N2O/c1-11-5-6-13(16)12(9-11)10-15(4)8-7-14(2)3/h11-12H,5-10H2,1-4H3. The Morgan fingerprint density at radius 1 is 1.25 bits per heavy atom. The lowest BCUT2D eigenvalue weighted by Gasteiger charge is -2.29. The summed E-state index contributed by atoms with van der Waals surface area (Å²) in [6.45, 7) is 5.31. The molecule has 0 saturated heterocycles. The second-order valence-electron chi connectivity index (χ2n) is 5.61. The number of ketones is 1. The lowest BCUT2D eigenvalue weighted by Crippen LogP contribution is -2.37. The van der Waals surface area contributed by atoms with E-state index in [1.165, 1.54) is 0 Å². The van der Waals surface area contributed by atoms with Crippen LogP contribution < -0.4 is 0 Å². The van der Waals surface area contributed by atoms with Gasteiger partial charge in [0, 0.05) is 32.0 Å². The lowest BCUT2D eigenvalue weighted by atomic mass is 9.81. The third-order valence-electron chi connectivity index (χ3n) is 3.49. The quantitative estimate of drug-likeness (QED) is 0.709. The number of carbonyl (C=O) groups excluding carboxylic acids is 1. The first-order valence-electron chi connectivity index (χ1n) is 6.35. The van der Waals surface area contributed by atoms with Crippen LogP contribution in [0.1, 0.15) is 26.2 Å². The summed E-state index contributed by atoms with van der Waals surface area (Å²) in [5.74, 6) is 1.50. The van der Waals surface area contributed by atoms with Crippen molar-refractivity contribution < 1.29 is 4.79 Å². The molecule has 2 unspecified atom stereocenters. The van der Waals surface area contributed by atoms with E-state index in [0.717, 1.165) is 44.8 Å². The number of nitrogens with zero attached hydrogens (tertiary/aromatic N) is 2. The second kappa shape index (κ2) is 6.36. The molecular formula is C13H26N2O. The largest absolute Gasteiger partial charge is 0.308 e.